The summed E-state index contributed by atoms with van der Waals surface area (Å²) in [6, 6.07) is 19.3. The third kappa shape index (κ3) is 7.47. The van der Waals surface area contributed by atoms with E-state index in [1.165, 1.54) is 19.2 Å². The van der Waals surface area contributed by atoms with Gasteiger partial charge in [-0.05, 0) is 57.1 Å². The van der Waals surface area contributed by atoms with Gasteiger partial charge in [-0.3, -0.25) is 24.6 Å². The van der Waals surface area contributed by atoms with Crippen LogP contribution in [0.2, 0.25) is 0 Å². The van der Waals surface area contributed by atoms with Gasteiger partial charge in [0.25, 0.3) is 11.6 Å². The molecule has 3 N–H and O–H groups in total. The van der Waals surface area contributed by atoms with Crippen molar-refractivity contribution < 1.29 is 19.2 Å². The number of nitrogens with zero attached hydrogens (tertiary/aromatic N) is 3. The van der Waals surface area contributed by atoms with Gasteiger partial charge in [-0.2, -0.15) is 0 Å². The number of nitro benzene ring substituents is 1. The number of nitrogens with one attached hydrogen (secondary N) is 1. The van der Waals surface area contributed by atoms with Gasteiger partial charge in [0, 0.05) is 48.0 Å². The minimum Gasteiger partial charge on any atom is -0.496 e. The number of carbonyl (C=O) groups excluding carboxylic acids is 2. The highest BCUT2D eigenvalue weighted by Gasteiger charge is 2.30. The lowest BCUT2D eigenvalue weighted by atomic mass is 9.97. The molecule has 3 aromatic carbocycles. The summed E-state index contributed by atoms with van der Waals surface area (Å²) in [6.07, 6.45) is 2.20. The molecule has 10 nitrogen and oxygen atoms in total. The molecule has 41 heavy (non-hydrogen) atoms. The van der Waals surface area contributed by atoms with Crippen molar-refractivity contribution in [3.8, 4) is 16.9 Å². The van der Waals surface area contributed by atoms with Gasteiger partial charge in [-0.1, -0.05) is 48.5 Å². The Labute approximate surface area is 240 Å². The standard InChI is InChI=1S/C31H37N5O5/c1-34(2)20-25(15-21-9-5-4-6-10-21)33-31(38)24-16-23(17-26(18-24)36(39)40)27-12-7-11-22(29(27)41-3)19-35-14-8-13-28(35)30(32)37/h4-7,9-12,16-18,25,28H,8,13-15,19-20H2,1-3H3,(H2,32,37)(H,33,38). The molecule has 1 fully saturated rings. The molecule has 2 amide bonds. The Bertz CT molecular complexity index is 1390. The molecule has 0 saturated carbocycles. The van der Waals surface area contributed by atoms with Gasteiger partial charge in [-0.25, -0.2) is 0 Å². The van der Waals surface area contributed by atoms with Crippen molar-refractivity contribution in [3.05, 3.63) is 93.5 Å². The zero-order valence-electron chi connectivity index (χ0n) is 23.7. The maximum Gasteiger partial charge on any atom is 0.270 e. The van der Waals surface area contributed by atoms with Crippen LogP contribution in [0.5, 0.6) is 5.75 Å². The molecule has 10 heteroatoms. The van der Waals surface area contributed by atoms with E-state index in [0.717, 1.165) is 24.1 Å². The molecule has 1 heterocycles. The molecule has 0 aromatic heterocycles. The second-order valence-electron chi connectivity index (χ2n) is 10.7. The predicted molar refractivity (Wildman–Crippen MR) is 158 cm³/mol. The van der Waals surface area contributed by atoms with Crippen molar-refractivity contribution in [3.63, 3.8) is 0 Å². The predicted octanol–water partition coefficient (Wildman–Crippen LogP) is 3.62. The monoisotopic (exact) mass is 559 g/mol. The minimum absolute atomic E-state index is 0.187. The van der Waals surface area contributed by atoms with E-state index >= 15 is 0 Å². The molecule has 0 spiro atoms. The van der Waals surface area contributed by atoms with Gasteiger partial charge in [0.05, 0.1) is 18.1 Å². The van der Waals surface area contributed by atoms with E-state index < -0.39 is 10.8 Å². The fourth-order valence-electron chi connectivity index (χ4n) is 5.51. The zero-order valence-corrected chi connectivity index (χ0v) is 23.7. The number of likely N-dealkylation sites (tertiary alicyclic amines) is 1. The van der Waals surface area contributed by atoms with Gasteiger partial charge in [0.1, 0.15) is 5.75 Å². The van der Waals surface area contributed by atoms with Crippen LogP contribution in [0, 0.1) is 10.1 Å². The molecule has 1 aliphatic rings. The van der Waals surface area contributed by atoms with Crippen molar-refractivity contribution in [1.29, 1.82) is 0 Å². The van der Waals surface area contributed by atoms with Crippen LogP contribution < -0.4 is 15.8 Å². The summed E-state index contributed by atoms with van der Waals surface area (Å²) < 4.78 is 5.79. The third-order valence-electron chi connectivity index (χ3n) is 7.31. The first-order valence-electron chi connectivity index (χ1n) is 13.6. The topological polar surface area (TPSA) is 131 Å². The van der Waals surface area contributed by atoms with Gasteiger partial charge in [-0.15, -0.1) is 0 Å². The van der Waals surface area contributed by atoms with E-state index in [-0.39, 0.29) is 29.2 Å². The maximum absolute atomic E-state index is 13.5. The van der Waals surface area contributed by atoms with Crippen molar-refractivity contribution in [2.45, 2.75) is 37.9 Å². The lowest BCUT2D eigenvalue weighted by molar-refractivity contribution is -0.384. The quantitative estimate of drug-likeness (QED) is 0.256. The van der Waals surface area contributed by atoms with E-state index in [2.05, 4.69) is 5.32 Å². The highest BCUT2D eigenvalue weighted by molar-refractivity contribution is 5.97. The summed E-state index contributed by atoms with van der Waals surface area (Å²) in [5.74, 6) is -0.218. The molecule has 2 unspecified atom stereocenters. The van der Waals surface area contributed by atoms with E-state index in [1.807, 2.05) is 72.4 Å². The van der Waals surface area contributed by atoms with E-state index in [9.17, 15) is 19.7 Å². The van der Waals surface area contributed by atoms with Crippen molar-refractivity contribution in [1.82, 2.24) is 15.1 Å². The van der Waals surface area contributed by atoms with Crippen LogP contribution in [0.4, 0.5) is 5.69 Å². The maximum atomic E-state index is 13.5. The van der Waals surface area contributed by atoms with Crippen LogP contribution in [0.25, 0.3) is 11.1 Å². The van der Waals surface area contributed by atoms with Crippen molar-refractivity contribution >= 4 is 17.5 Å². The van der Waals surface area contributed by atoms with Crippen molar-refractivity contribution in [2.24, 2.45) is 5.73 Å². The number of rotatable bonds is 12. The number of hydrogen-bond acceptors (Lipinski definition) is 7. The van der Waals surface area contributed by atoms with E-state index in [1.54, 1.807) is 6.07 Å². The zero-order chi connectivity index (χ0) is 29.5. The summed E-state index contributed by atoms with van der Waals surface area (Å²) in [5.41, 5.74) is 8.62. The number of nitrogens with two attached hydrogens (primary N) is 1. The van der Waals surface area contributed by atoms with Gasteiger partial charge in [0.2, 0.25) is 5.91 Å². The molecular formula is C31H37N5O5. The lowest BCUT2D eigenvalue weighted by Crippen LogP contribution is -2.43. The highest BCUT2D eigenvalue weighted by Crippen LogP contribution is 2.37. The van der Waals surface area contributed by atoms with Crippen LogP contribution >= 0.6 is 0 Å². The third-order valence-corrected chi connectivity index (χ3v) is 7.31. The second kappa shape index (κ2) is 13.4. The molecule has 0 aliphatic carbocycles. The Balaban J connectivity index is 1.66. The first-order valence-corrected chi connectivity index (χ1v) is 13.6. The normalized spacial score (nSPS) is 16.0. The largest absolute Gasteiger partial charge is 0.496 e. The number of nitro groups is 1. The molecule has 1 aliphatic heterocycles. The number of likely N-dealkylation sites (N-methyl/N-ethyl adjacent to an activating group) is 1. The smallest absolute Gasteiger partial charge is 0.270 e. The Morgan fingerprint density at radius 3 is 2.56 bits per heavy atom. The van der Waals surface area contributed by atoms with Crippen LogP contribution in [0.1, 0.15) is 34.3 Å². The number of benzene rings is 3. The summed E-state index contributed by atoms with van der Waals surface area (Å²) >= 11 is 0. The van der Waals surface area contributed by atoms with Crippen LogP contribution in [0.15, 0.2) is 66.7 Å². The van der Waals surface area contributed by atoms with E-state index in [4.69, 9.17) is 10.5 Å². The summed E-state index contributed by atoms with van der Waals surface area (Å²) in [7, 11) is 5.41. The Kier molecular flexibility index (Phi) is 9.69. The molecule has 3 aromatic rings. The van der Waals surface area contributed by atoms with Gasteiger partial charge in [0.15, 0.2) is 0 Å². The molecule has 4 rings (SSSR count). The van der Waals surface area contributed by atoms with Gasteiger partial charge >= 0.3 is 0 Å². The molecule has 0 radical (unpaired) electrons. The fraction of sp³-hybridized carbons (Fsp3) is 0.355. The number of primary amides is 1. The Morgan fingerprint density at radius 1 is 1.15 bits per heavy atom. The highest BCUT2D eigenvalue weighted by atomic mass is 16.6. The molecule has 1 saturated heterocycles. The van der Waals surface area contributed by atoms with Crippen LogP contribution in [0.3, 0.4) is 0 Å². The first-order chi connectivity index (χ1) is 19.7. The first kappa shape index (κ1) is 29.7. The Morgan fingerprint density at radius 2 is 1.90 bits per heavy atom. The second-order valence-corrected chi connectivity index (χ2v) is 10.7. The SMILES string of the molecule is COc1c(CN2CCCC2C(N)=O)cccc1-c1cc(C(=O)NC(Cc2ccccc2)CN(C)C)cc([N+](=O)[O-])c1. The van der Waals surface area contributed by atoms with Crippen LogP contribution in [-0.4, -0.2) is 72.9 Å². The van der Waals surface area contributed by atoms with Crippen LogP contribution in [-0.2, 0) is 17.8 Å². The Hall–Kier alpha value is -4.28. The fourth-order valence-corrected chi connectivity index (χ4v) is 5.51. The number of hydrogen-bond donors (Lipinski definition) is 2. The number of ether oxygens (including phenoxy) is 1. The molecule has 2 atom stereocenters. The summed E-state index contributed by atoms with van der Waals surface area (Å²) in [6.45, 7) is 1.78. The van der Waals surface area contributed by atoms with Crippen molar-refractivity contribution in [2.75, 3.05) is 34.3 Å². The average molecular weight is 560 g/mol. The van der Waals surface area contributed by atoms with E-state index in [0.29, 0.717) is 42.8 Å². The number of para-hydroxylation sites is 1. The minimum atomic E-state index is -0.500. The van der Waals surface area contributed by atoms with Gasteiger partial charge < -0.3 is 20.7 Å². The number of non-ortho nitro benzene ring substituents is 1. The summed E-state index contributed by atoms with van der Waals surface area (Å²) in [4.78, 5) is 40.9. The number of amides is 2. The average Bonchev–Trinajstić information content (AvgIpc) is 3.41. The lowest BCUT2D eigenvalue weighted by Gasteiger charge is -2.24. The number of carbonyl (C=O) groups is 2. The molecule has 216 valence electrons. The molecule has 0 bridgehead atoms. The summed E-state index contributed by atoms with van der Waals surface area (Å²) in [5, 5.41) is 15.0. The number of methoxy groups -OCH3 is 1. The molecular weight excluding hydrogens is 522 g/mol.